The molecule has 0 aromatic carbocycles. The summed E-state index contributed by atoms with van der Waals surface area (Å²) in [5.74, 6) is 0. The van der Waals surface area contributed by atoms with E-state index in [0.29, 0.717) is 24.7 Å². The maximum Gasteiger partial charge on any atom is 0.0957 e. The van der Waals surface area contributed by atoms with Crippen molar-refractivity contribution in [1.82, 2.24) is 4.98 Å². The van der Waals surface area contributed by atoms with Crippen molar-refractivity contribution in [3.63, 3.8) is 0 Å². The topological polar surface area (TPSA) is 56.6 Å². The normalized spacial score (nSPS) is 12.8. The van der Waals surface area contributed by atoms with Crippen LogP contribution < -0.4 is 4.90 Å². The molecule has 4 nitrogen and oxygen atoms in total. The Bertz CT molecular complexity index is 325. The molecule has 0 bridgehead atoms. The van der Waals surface area contributed by atoms with Crippen LogP contribution in [0.2, 0.25) is 0 Å². The molecule has 0 saturated carbocycles. The van der Waals surface area contributed by atoms with Crippen LogP contribution in [-0.4, -0.2) is 34.4 Å². The molecule has 1 rings (SSSR count). The van der Waals surface area contributed by atoms with Crippen LogP contribution in [-0.2, 0) is 0 Å². The summed E-state index contributed by atoms with van der Waals surface area (Å²) in [4.78, 5) is 6.34. The second-order valence-electron chi connectivity index (χ2n) is 4.38. The molecule has 0 radical (unpaired) electrons. The fourth-order valence-corrected chi connectivity index (χ4v) is 1.77. The van der Waals surface area contributed by atoms with Gasteiger partial charge >= 0.3 is 0 Å². The Balaban J connectivity index is 2.84. The van der Waals surface area contributed by atoms with Gasteiger partial charge in [0.2, 0.25) is 0 Å². The van der Waals surface area contributed by atoms with Gasteiger partial charge in [-0.2, -0.15) is 0 Å². The molecule has 0 aliphatic rings. The number of hydrogen-bond donors (Lipinski definition) is 2. The second kappa shape index (κ2) is 6.57. The van der Waals surface area contributed by atoms with Crippen LogP contribution in [0.5, 0.6) is 0 Å². The molecule has 96 valence electrons. The van der Waals surface area contributed by atoms with Crippen molar-refractivity contribution in [2.75, 3.05) is 18.1 Å². The zero-order chi connectivity index (χ0) is 12.8. The van der Waals surface area contributed by atoms with Gasteiger partial charge in [-0.15, -0.1) is 0 Å². The molecule has 4 heteroatoms. The van der Waals surface area contributed by atoms with Crippen LogP contribution >= 0.6 is 0 Å². The van der Waals surface area contributed by atoms with E-state index in [2.05, 4.69) is 23.7 Å². The second-order valence-corrected chi connectivity index (χ2v) is 4.38. The highest BCUT2D eigenvalue weighted by Gasteiger charge is 2.11. The lowest BCUT2D eigenvalue weighted by atomic mass is 10.1. The fourth-order valence-electron chi connectivity index (χ4n) is 1.77. The van der Waals surface area contributed by atoms with Crippen molar-refractivity contribution in [2.24, 2.45) is 0 Å². The molecule has 1 heterocycles. The first-order valence-corrected chi connectivity index (χ1v) is 6.11. The molecule has 0 saturated heterocycles. The van der Waals surface area contributed by atoms with Gasteiger partial charge in [-0.05, 0) is 32.4 Å². The maximum absolute atomic E-state index is 9.66. The highest BCUT2D eigenvalue weighted by atomic mass is 16.3. The van der Waals surface area contributed by atoms with Gasteiger partial charge in [0.25, 0.3) is 0 Å². The number of hydrogen-bond acceptors (Lipinski definition) is 4. The average Bonchev–Trinajstić information content (AvgIpc) is 2.35. The SMILES string of the molecule is CC[C@@H](O)c1ccc(N(CCO)C(C)C)cn1. The fraction of sp³-hybridized carbons (Fsp3) is 0.615. The summed E-state index contributed by atoms with van der Waals surface area (Å²) in [7, 11) is 0. The lowest BCUT2D eigenvalue weighted by molar-refractivity contribution is 0.169. The molecule has 0 aliphatic carbocycles. The molecule has 17 heavy (non-hydrogen) atoms. The summed E-state index contributed by atoms with van der Waals surface area (Å²) >= 11 is 0. The summed E-state index contributed by atoms with van der Waals surface area (Å²) in [6, 6.07) is 4.10. The Morgan fingerprint density at radius 1 is 1.35 bits per heavy atom. The molecular weight excluding hydrogens is 216 g/mol. The van der Waals surface area contributed by atoms with Crippen LogP contribution in [0, 0.1) is 0 Å². The minimum atomic E-state index is -0.491. The number of pyridine rings is 1. The first-order chi connectivity index (χ1) is 8.10. The lowest BCUT2D eigenvalue weighted by Crippen LogP contribution is -2.33. The Hall–Kier alpha value is -1.13. The minimum absolute atomic E-state index is 0.123. The highest BCUT2D eigenvalue weighted by molar-refractivity contribution is 5.45. The number of anilines is 1. The summed E-state index contributed by atoms with van der Waals surface area (Å²) in [5.41, 5.74) is 1.67. The molecule has 0 aliphatic heterocycles. The quantitative estimate of drug-likeness (QED) is 0.792. The van der Waals surface area contributed by atoms with E-state index < -0.39 is 6.10 Å². The third kappa shape index (κ3) is 3.68. The van der Waals surface area contributed by atoms with Gasteiger partial charge in [0.15, 0.2) is 0 Å². The summed E-state index contributed by atoms with van der Waals surface area (Å²) in [6.07, 6.45) is 1.93. The highest BCUT2D eigenvalue weighted by Crippen LogP contribution is 2.19. The number of rotatable bonds is 6. The van der Waals surface area contributed by atoms with Crippen molar-refractivity contribution >= 4 is 5.69 Å². The van der Waals surface area contributed by atoms with E-state index in [4.69, 9.17) is 5.11 Å². The summed E-state index contributed by atoms with van der Waals surface area (Å²) < 4.78 is 0. The largest absolute Gasteiger partial charge is 0.395 e. The van der Waals surface area contributed by atoms with Crippen LogP contribution in [0.1, 0.15) is 39.0 Å². The Morgan fingerprint density at radius 3 is 2.47 bits per heavy atom. The van der Waals surface area contributed by atoms with E-state index in [-0.39, 0.29) is 6.61 Å². The smallest absolute Gasteiger partial charge is 0.0957 e. The third-order valence-corrected chi connectivity index (χ3v) is 2.79. The average molecular weight is 238 g/mol. The van der Waals surface area contributed by atoms with E-state index in [1.807, 2.05) is 19.1 Å². The van der Waals surface area contributed by atoms with Crippen LogP contribution in [0.25, 0.3) is 0 Å². The standard InChI is InChI=1S/C13H22N2O2/c1-4-13(17)12-6-5-11(9-14-12)15(7-8-16)10(2)3/h5-6,9-10,13,16-17H,4,7-8H2,1-3H3/t13-/m1/s1. The van der Waals surface area contributed by atoms with Crippen molar-refractivity contribution in [3.05, 3.63) is 24.0 Å². The molecule has 0 unspecified atom stereocenters. The van der Waals surface area contributed by atoms with E-state index in [1.165, 1.54) is 0 Å². The van der Waals surface area contributed by atoms with Gasteiger partial charge in [-0.25, -0.2) is 0 Å². The Labute approximate surface area is 103 Å². The van der Waals surface area contributed by atoms with Gasteiger partial charge < -0.3 is 15.1 Å². The van der Waals surface area contributed by atoms with Crippen molar-refractivity contribution in [1.29, 1.82) is 0 Å². The third-order valence-electron chi connectivity index (χ3n) is 2.79. The predicted octanol–water partition coefficient (Wildman–Crippen LogP) is 1.73. The predicted molar refractivity (Wildman–Crippen MR) is 69.1 cm³/mol. The molecule has 1 aromatic rings. The van der Waals surface area contributed by atoms with E-state index in [1.54, 1.807) is 6.20 Å². The van der Waals surface area contributed by atoms with Crippen molar-refractivity contribution in [2.45, 2.75) is 39.3 Å². The van der Waals surface area contributed by atoms with Crippen molar-refractivity contribution < 1.29 is 10.2 Å². The van der Waals surface area contributed by atoms with Crippen LogP contribution in [0.3, 0.4) is 0 Å². The summed E-state index contributed by atoms with van der Waals surface area (Å²) in [5, 5.41) is 18.7. The number of aromatic nitrogens is 1. The van der Waals surface area contributed by atoms with Gasteiger partial charge in [0.1, 0.15) is 0 Å². The van der Waals surface area contributed by atoms with Gasteiger partial charge in [0.05, 0.1) is 30.3 Å². The van der Waals surface area contributed by atoms with E-state index in [0.717, 1.165) is 5.69 Å². The van der Waals surface area contributed by atoms with Gasteiger partial charge in [-0.1, -0.05) is 6.92 Å². The first kappa shape index (κ1) is 13.9. The minimum Gasteiger partial charge on any atom is -0.395 e. The molecule has 1 atom stereocenters. The zero-order valence-corrected chi connectivity index (χ0v) is 10.8. The van der Waals surface area contributed by atoms with Crippen LogP contribution in [0.4, 0.5) is 5.69 Å². The molecular formula is C13H22N2O2. The van der Waals surface area contributed by atoms with Crippen molar-refractivity contribution in [3.8, 4) is 0 Å². The maximum atomic E-state index is 9.66. The number of nitrogens with zero attached hydrogens (tertiary/aromatic N) is 2. The van der Waals surface area contributed by atoms with Gasteiger partial charge in [-0.3, -0.25) is 4.98 Å². The van der Waals surface area contributed by atoms with E-state index >= 15 is 0 Å². The number of aliphatic hydroxyl groups excluding tert-OH is 2. The molecule has 0 amide bonds. The molecule has 0 fully saturated rings. The van der Waals surface area contributed by atoms with E-state index in [9.17, 15) is 5.11 Å². The molecule has 1 aromatic heterocycles. The monoisotopic (exact) mass is 238 g/mol. The molecule has 0 spiro atoms. The Kier molecular flexibility index (Phi) is 5.38. The van der Waals surface area contributed by atoms with Crippen LogP contribution in [0.15, 0.2) is 18.3 Å². The molecule has 2 N–H and O–H groups in total. The first-order valence-electron chi connectivity index (χ1n) is 6.11. The number of aliphatic hydroxyl groups is 2. The Morgan fingerprint density at radius 2 is 2.06 bits per heavy atom. The lowest BCUT2D eigenvalue weighted by Gasteiger charge is -2.28. The zero-order valence-electron chi connectivity index (χ0n) is 10.8. The summed E-state index contributed by atoms with van der Waals surface area (Å²) in [6.45, 7) is 6.79. The van der Waals surface area contributed by atoms with Gasteiger partial charge in [0, 0.05) is 12.6 Å².